The van der Waals surface area contributed by atoms with Gasteiger partial charge in [0.1, 0.15) is 26.8 Å². The number of hydrogen-bond donors (Lipinski definition) is 0. The van der Waals surface area contributed by atoms with Crippen molar-refractivity contribution in [2.45, 2.75) is 52.4 Å². The molecule has 0 atom stereocenters. The summed E-state index contributed by atoms with van der Waals surface area (Å²) in [4.78, 5) is -0.0851. The molecule has 5 rings (SSSR count). The van der Waals surface area contributed by atoms with Crippen LogP contribution in [0.3, 0.4) is 0 Å². The highest BCUT2D eigenvalue weighted by Gasteiger charge is 2.20. The van der Waals surface area contributed by atoms with Crippen LogP contribution in [0.4, 0.5) is 0 Å². The lowest BCUT2D eigenvalue weighted by atomic mass is 10.1. The van der Waals surface area contributed by atoms with Crippen molar-refractivity contribution in [3.8, 4) is 0 Å². The van der Waals surface area contributed by atoms with E-state index < -0.39 is 10.1 Å². The second-order valence-electron chi connectivity index (χ2n) is 8.70. The van der Waals surface area contributed by atoms with Gasteiger partial charge in [0.05, 0.1) is 4.90 Å². The largest absolute Gasteiger partial charge is 0.744 e. The molecule has 6 nitrogen and oxygen atoms in total. The first-order chi connectivity index (χ1) is 16.5. The molecule has 0 N–H and O–H groups in total. The monoisotopic (exact) mass is 509 g/mol. The van der Waals surface area contributed by atoms with Gasteiger partial charge in [0.2, 0.25) is 0 Å². The van der Waals surface area contributed by atoms with Crippen LogP contribution in [-0.4, -0.2) is 22.5 Å². The Morgan fingerprint density at radius 2 is 1.63 bits per heavy atom. The molecule has 0 unspecified atom stereocenters. The summed E-state index contributed by atoms with van der Waals surface area (Å²) in [5.74, 6) is 0. The summed E-state index contributed by atoms with van der Waals surface area (Å²) in [6, 6.07) is 15.8. The predicted octanol–water partition coefficient (Wildman–Crippen LogP) is 5.52. The van der Waals surface area contributed by atoms with Crippen molar-refractivity contribution >= 4 is 43.8 Å². The summed E-state index contributed by atoms with van der Waals surface area (Å²) in [7, 11) is -4.33. The van der Waals surface area contributed by atoms with E-state index in [-0.39, 0.29) is 4.90 Å². The second kappa shape index (κ2) is 9.57. The van der Waals surface area contributed by atoms with E-state index in [0.717, 1.165) is 51.2 Å². The van der Waals surface area contributed by atoms with Crippen LogP contribution in [-0.2, 0) is 23.0 Å². The van der Waals surface area contributed by atoms with Crippen LogP contribution in [0.2, 0.25) is 5.02 Å². The number of nitrogens with zero attached hydrogens (tertiary/aromatic N) is 3. The molecule has 0 fully saturated rings. The Morgan fingerprint density at radius 3 is 2.23 bits per heavy atom. The van der Waals surface area contributed by atoms with Crippen LogP contribution >= 0.6 is 11.6 Å². The molecular formula is C27H28ClN3O3S. The Kier molecular flexibility index (Phi) is 6.86. The van der Waals surface area contributed by atoms with Gasteiger partial charge in [-0.3, -0.25) is 0 Å². The maximum Gasteiger partial charge on any atom is 0.263 e. The molecule has 0 aliphatic heterocycles. The van der Waals surface area contributed by atoms with Crippen molar-refractivity contribution in [1.29, 1.82) is 0 Å². The third-order valence-corrected chi connectivity index (χ3v) is 7.52. The van der Waals surface area contributed by atoms with Crippen LogP contribution in [0.25, 0.3) is 22.1 Å². The van der Waals surface area contributed by atoms with E-state index in [9.17, 15) is 13.0 Å². The van der Waals surface area contributed by atoms with Gasteiger partial charge in [-0.1, -0.05) is 43.1 Å². The van der Waals surface area contributed by atoms with Crippen LogP contribution in [0.1, 0.15) is 41.8 Å². The molecule has 0 aliphatic carbocycles. The second-order valence-corrected chi connectivity index (χ2v) is 10.5. The molecule has 8 heteroatoms. The Labute approximate surface area is 210 Å². The molecule has 182 valence electrons. The summed E-state index contributed by atoms with van der Waals surface area (Å²) < 4.78 is 36.7. The molecule has 0 amide bonds. The van der Waals surface area contributed by atoms with Crippen molar-refractivity contribution in [1.82, 2.24) is 9.50 Å². The highest BCUT2D eigenvalue weighted by molar-refractivity contribution is 7.85. The average Bonchev–Trinajstić information content (AvgIpc) is 3.27. The first-order valence-electron chi connectivity index (χ1n) is 11.5. The van der Waals surface area contributed by atoms with Gasteiger partial charge in [-0.05, 0) is 79.1 Å². The Morgan fingerprint density at radius 1 is 0.943 bits per heavy atom. The summed E-state index contributed by atoms with van der Waals surface area (Å²) >= 11 is 6.20. The highest BCUT2D eigenvalue weighted by atomic mass is 35.5. The Bertz CT molecular complexity index is 1670. The lowest BCUT2D eigenvalue weighted by Crippen LogP contribution is -2.31. The van der Waals surface area contributed by atoms with Gasteiger partial charge in [0.15, 0.2) is 0 Å². The minimum absolute atomic E-state index is 0.0851. The molecule has 3 aromatic heterocycles. The molecule has 0 saturated heterocycles. The van der Waals surface area contributed by atoms with E-state index in [1.165, 1.54) is 5.56 Å². The first kappa shape index (κ1) is 25.1. The maximum absolute atomic E-state index is 10.8. The number of hydrogen-bond acceptors (Lipinski definition) is 4. The molecule has 3 heterocycles. The van der Waals surface area contributed by atoms with E-state index in [0.29, 0.717) is 11.1 Å². The maximum atomic E-state index is 10.8. The summed E-state index contributed by atoms with van der Waals surface area (Å²) in [5, 5.41) is 5.65. The van der Waals surface area contributed by atoms with Crippen LogP contribution < -0.4 is 4.52 Å². The van der Waals surface area contributed by atoms with E-state index in [1.54, 1.807) is 26.0 Å². The molecule has 35 heavy (non-hydrogen) atoms. The Hall–Kier alpha value is -3.00. The van der Waals surface area contributed by atoms with Crippen molar-refractivity contribution in [2.24, 2.45) is 0 Å². The molecule has 0 aliphatic rings. The van der Waals surface area contributed by atoms with Crippen molar-refractivity contribution in [2.75, 3.05) is 0 Å². The topological polar surface area (TPSA) is 78.6 Å². The smallest absolute Gasteiger partial charge is 0.263 e. The molecular weight excluding hydrogens is 482 g/mol. The van der Waals surface area contributed by atoms with Gasteiger partial charge in [-0.15, -0.1) is 0 Å². The quantitative estimate of drug-likeness (QED) is 0.182. The zero-order valence-corrected chi connectivity index (χ0v) is 22.0. The summed E-state index contributed by atoms with van der Waals surface area (Å²) in [5.41, 5.74) is 8.91. The van der Waals surface area contributed by atoms with E-state index in [1.807, 2.05) is 25.1 Å². The minimum Gasteiger partial charge on any atom is -0.744 e. The number of benzene rings is 2. The number of aromatic nitrogens is 3. The fourth-order valence-electron chi connectivity index (χ4n) is 4.75. The van der Waals surface area contributed by atoms with E-state index in [4.69, 9.17) is 16.7 Å². The first-order valence-corrected chi connectivity index (χ1v) is 13.3. The van der Waals surface area contributed by atoms with Gasteiger partial charge in [-0.2, -0.15) is 0 Å². The fraction of sp³-hybridized carbons (Fsp3) is 0.259. The van der Waals surface area contributed by atoms with E-state index >= 15 is 0 Å². The molecule has 0 radical (unpaired) electrons. The zero-order valence-electron chi connectivity index (χ0n) is 20.5. The number of rotatable bonds is 3. The standard InChI is InChI=1S/C18H17ClN3.C9H12O3S/c1-3-12-10-18-15-6-5-9-21(15)17-11-13(19)7-8-16(17)22(18)20-14(12)4-2;1-6-4-7(2)9(8(3)5-6)13(10,11)12/h5-11H,3-4H2,1-2H3;4-5H,1-3H3,(H,10,11,12)/q+1;/p-1. The lowest BCUT2D eigenvalue weighted by Gasteiger charge is -2.14. The van der Waals surface area contributed by atoms with Gasteiger partial charge in [-0.25, -0.2) is 8.42 Å². The third-order valence-electron chi connectivity index (χ3n) is 6.14. The minimum atomic E-state index is -4.33. The lowest BCUT2D eigenvalue weighted by molar-refractivity contribution is -0.553. The van der Waals surface area contributed by atoms with Crippen LogP contribution in [0.15, 0.2) is 59.6 Å². The van der Waals surface area contributed by atoms with Gasteiger partial charge in [0, 0.05) is 28.5 Å². The average molecular weight is 510 g/mol. The number of halogens is 1. The normalized spacial score (nSPS) is 11.7. The number of fused-ring (bicyclic) bond motifs is 6. The molecule has 2 aromatic carbocycles. The SMILES string of the molecule is CCc1cc2c3cccn3c3cc(Cl)ccc3[n+]2nc1CC.Cc1cc(C)c(S(=O)(=O)[O-])c(C)c1. The highest BCUT2D eigenvalue weighted by Crippen LogP contribution is 2.23. The van der Waals surface area contributed by atoms with Crippen molar-refractivity contribution in [3.05, 3.63) is 87.7 Å². The van der Waals surface area contributed by atoms with Gasteiger partial charge in [0.25, 0.3) is 11.0 Å². The molecule has 0 bridgehead atoms. The van der Waals surface area contributed by atoms with Crippen molar-refractivity contribution < 1.29 is 17.5 Å². The molecule has 0 saturated carbocycles. The summed E-state index contributed by atoms with van der Waals surface area (Å²) in [6.45, 7) is 9.46. The molecule has 0 spiro atoms. The van der Waals surface area contributed by atoms with Gasteiger partial charge < -0.3 is 8.95 Å². The Balaban J connectivity index is 0.000000191. The van der Waals surface area contributed by atoms with E-state index in [2.05, 4.69) is 47.2 Å². The predicted molar refractivity (Wildman–Crippen MR) is 138 cm³/mol. The van der Waals surface area contributed by atoms with Crippen molar-refractivity contribution in [3.63, 3.8) is 0 Å². The number of aryl methyl sites for hydroxylation is 5. The molecule has 5 aromatic rings. The fourth-order valence-corrected chi connectivity index (χ4v) is 5.82. The van der Waals surface area contributed by atoms with Gasteiger partial charge >= 0.3 is 0 Å². The summed E-state index contributed by atoms with van der Waals surface area (Å²) in [6.07, 6.45) is 4.01. The van der Waals surface area contributed by atoms with Crippen LogP contribution in [0.5, 0.6) is 0 Å². The van der Waals surface area contributed by atoms with Crippen LogP contribution in [0, 0.1) is 20.8 Å². The zero-order chi connectivity index (χ0) is 25.5. The third kappa shape index (κ3) is 4.76.